The summed E-state index contributed by atoms with van der Waals surface area (Å²) in [7, 11) is 0. The highest BCUT2D eigenvalue weighted by atomic mass is 79.9. The summed E-state index contributed by atoms with van der Waals surface area (Å²) >= 11 is 3.26. The highest BCUT2D eigenvalue weighted by Crippen LogP contribution is 2.15. The van der Waals surface area contributed by atoms with Gasteiger partial charge in [0.15, 0.2) is 4.67 Å². The van der Waals surface area contributed by atoms with E-state index in [4.69, 9.17) is 4.42 Å². The van der Waals surface area contributed by atoms with Crippen LogP contribution >= 0.6 is 15.9 Å². The van der Waals surface area contributed by atoms with E-state index in [2.05, 4.69) is 21.2 Å². The van der Waals surface area contributed by atoms with Gasteiger partial charge in [-0.1, -0.05) is 24.3 Å². The number of para-hydroxylation sites is 1. The van der Waals surface area contributed by atoms with Crippen LogP contribution in [0.4, 0.5) is 5.69 Å². The summed E-state index contributed by atoms with van der Waals surface area (Å²) in [6.45, 7) is 0.780. The van der Waals surface area contributed by atoms with Crippen LogP contribution in [0.15, 0.2) is 57.6 Å². The third kappa shape index (κ3) is 3.28. The Morgan fingerprint density at radius 3 is 2.62 bits per heavy atom. The molecule has 0 aliphatic rings. The molecule has 3 heteroatoms. The van der Waals surface area contributed by atoms with Gasteiger partial charge in [0.1, 0.15) is 5.76 Å². The van der Waals surface area contributed by atoms with E-state index in [-0.39, 0.29) is 0 Å². The first-order valence-corrected chi connectivity index (χ1v) is 5.85. The molecule has 1 aromatic carbocycles. The van der Waals surface area contributed by atoms with Crippen LogP contribution in [0, 0.1) is 0 Å². The molecule has 16 heavy (non-hydrogen) atoms. The minimum Gasteiger partial charge on any atom is -0.450 e. The maximum Gasteiger partial charge on any atom is 0.169 e. The second-order valence-electron chi connectivity index (χ2n) is 3.29. The molecule has 0 amide bonds. The molecule has 2 nitrogen and oxygen atoms in total. The van der Waals surface area contributed by atoms with Gasteiger partial charge >= 0.3 is 0 Å². The first-order chi connectivity index (χ1) is 7.84. The van der Waals surface area contributed by atoms with Crippen molar-refractivity contribution in [2.75, 3.05) is 11.9 Å². The van der Waals surface area contributed by atoms with Crippen LogP contribution in [0.2, 0.25) is 0 Å². The second kappa shape index (κ2) is 5.56. The van der Waals surface area contributed by atoms with E-state index < -0.39 is 0 Å². The molecule has 0 saturated carbocycles. The Kier molecular flexibility index (Phi) is 3.83. The number of hydrogen-bond donors (Lipinski definition) is 1. The van der Waals surface area contributed by atoms with Crippen molar-refractivity contribution in [3.8, 4) is 0 Å². The van der Waals surface area contributed by atoms with Crippen molar-refractivity contribution < 1.29 is 4.42 Å². The SMILES string of the molecule is Brc1ccc(/C=C/CNc2ccccc2)o1. The van der Waals surface area contributed by atoms with Crippen molar-refractivity contribution in [2.45, 2.75) is 0 Å². The number of furan rings is 1. The number of halogens is 1. The molecule has 0 aliphatic carbocycles. The fourth-order valence-corrected chi connectivity index (χ4v) is 1.64. The third-order valence-electron chi connectivity index (χ3n) is 2.07. The molecule has 0 radical (unpaired) electrons. The van der Waals surface area contributed by atoms with Gasteiger partial charge in [0.25, 0.3) is 0 Å². The summed E-state index contributed by atoms with van der Waals surface area (Å²) in [5.41, 5.74) is 1.12. The monoisotopic (exact) mass is 277 g/mol. The molecule has 2 aromatic rings. The Labute approximate surface area is 103 Å². The summed E-state index contributed by atoms with van der Waals surface area (Å²) in [5.74, 6) is 0.849. The van der Waals surface area contributed by atoms with Gasteiger partial charge in [-0.05, 0) is 46.3 Å². The maximum absolute atomic E-state index is 5.34. The molecule has 0 fully saturated rings. The molecule has 0 aliphatic heterocycles. The number of nitrogens with one attached hydrogen (secondary N) is 1. The van der Waals surface area contributed by atoms with Gasteiger partial charge in [-0.3, -0.25) is 0 Å². The van der Waals surface area contributed by atoms with E-state index in [0.29, 0.717) is 0 Å². The highest BCUT2D eigenvalue weighted by molar-refractivity contribution is 9.10. The van der Waals surface area contributed by atoms with E-state index in [1.165, 1.54) is 0 Å². The fourth-order valence-electron chi connectivity index (χ4n) is 1.33. The van der Waals surface area contributed by atoms with Crippen molar-refractivity contribution in [2.24, 2.45) is 0 Å². The number of hydrogen-bond acceptors (Lipinski definition) is 2. The Morgan fingerprint density at radius 1 is 1.12 bits per heavy atom. The van der Waals surface area contributed by atoms with Gasteiger partial charge < -0.3 is 9.73 Å². The average molecular weight is 278 g/mol. The van der Waals surface area contributed by atoms with Crippen LogP contribution in [0.5, 0.6) is 0 Å². The second-order valence-corrected chi connectivity index (χ2v) is 4.07. The highest BCUT2D eigenvalue weighted by Gasteiger charge is 1.93. The Balaban J connectivity index is 1.82. The van der Waals surface area contributed by atoms with E-state index in [9.17, 15) is 0 Å². The number of rotatable bonds is 4. The minimum absolute atomic E-state index is 0.753. The zero-order valence-corrected chi connectivity index (χ0v) is 10.3. The lowest BCUT2D eigenvalue weighted by Gasteiger charge is -2.00. The largest absolute Gasteiger partial charge is 0.450 e. The standard InChI is InChI=1S/C13H12BrNO/c14-13-9-8-12(16-13)7-4-10-15-11-5-2-1-3-6-11/h1-9,15H,10H2/b7-4+. The molecule has 0 atom stereocenters. The zero-order valence-electron chi connectivity index (χ0n) is 8.69. The summed E-state index contributed by atoms with van der Waals surface area (Å²) in [5, 5.41) is 3.28. The van der Waals surface area contributed by atoms with Gasteiger partial charge in [0, 0.05) is 12.2 Å². The Morgan fingerprint density at radius 2 is 1.94 bits per heavy atom. The van der Waals surface area contributed by atoms with Crippen molar-refractivity contribution in [1.82, 2.24) is 0 Å². The third-order valence-corrected chi connectivity index (χ3v) is 2.50. The van der Waals surface area contributed by atoms with Crippen LogP contribution in [-0.2, 0) is 0 Å². The average Bonchev–Trinajstić information content (AvgIpc) is 2.72. The molecular weight excluding hydrogens is 266 g/mol. The summed E-state index contributed by atoms with van der Waals surface area (Å²) in [6.07, 6.45) is 3.97. The summed E-state index contributed by atoms with van der Waals surface area (Å²) < 4.78 is 6.09. The van der Waals surface area contributed by atoms with Crippen LogP contribution in [-0.4, -0.2) is 6.54 Å². The number of anilines is 1. The first kappa shape index (κ1) is 11.0. The van der Waals surface area contributed by atoms with Crippen molar-refractivity contribution in [3.05, 3.63) is 59.0 Å². The molecule has 0 bridgehead atoms. The topological polar surface area (TPSA) is 25.2 Å². The smallest absolute Gasteiger partial charge is 0.169 e. The Bertz CT molecular complexity index is 462. The molecule has 0 spiro atoms. The molecule has 1 aromatic heterocycles. The zero-order chi connectivity index (χ0) is 11.2. The summed E-state index contributed by atoms with van der Waals surface area (Å²) in [4.78, 5) is 0. The first-order valence-electron chi connectivity index (χ1n) is 5.05. The van der Waals surface area contributed by atoms with Crippen molar-refractivity contribution >= 4 is 27.7 Å². The molecule has 0 unspecified atom stereocenters. The van der Waals surface area contributed by atoms with E-state index in [1.54, 1.807) is 0 Å². The molecule has 2 rings (SSSR count). The van der Waals surface area contributed by atoms with Gasteiger partial charge in [0.05, 0.1) is 0 Å². The van der Waals surface area contributed by atoms with E-state index in [1.807, 2.05) is 54.6 Å². The van der Waals surface area contributed by atoms with E-state index in [0.717, 1.165) is 22.7 Å². The molecule has 1 N–H and O–H groups in total. The summed E-state index contributed by atoms with van der Waals surface area (Å²) in [6, 6.07) is 13.9. The van der Waals surface area contributed by atoms with Gasteiger partial charge in [-0.25, -0.2) is 0 Å². The lowest BCUT2D eigenvalue weighted by molar-refractivity contribution is 0.531. The molecule has 1 heterocycles. The van der Waals surface area contributed by atoms with Crippen LogP contribution in [0.3, 0.4) is 0 Å². The van der Waals surface area contributed by atoms with Gasteiger partial charge in [-0.2, -0.15) is 0 Å². The predicted molar refractivity (Wildman–Crippen MR) is 70.4 cm³/mol. The fraction of sp³-hybridized carbons (Fsp3) is 0.0769. The molecular formula is C13H12BrNO. The van der Waals surface area contributed by atoms with Crippen molar-refractivity contribution in [1.29, 1.82) is 0 Å². The Hall–Kier alpha value is -1.48. The quantitative estimate of drug-likeness (QED) is 0.908. The maximum atomic E-state index is 5.34. The van der Waals surface area contributed by atoms with Gasteiger partial charge in [0.2, 0.25) is 0 Å². The predicted octanol–water partition coefficient (Wildman–Crippen LogP) is 4.17. The number of benzene rings is 1. The van der Waals surface area contributed by atoms with Crippen LogP contribution < -0.4 is 5.32 Å². The van der Waals surface area contributed by atoms with Crippen LogP contribution in [0.1, 0.15) is 5.76 Å². The van der Waals surface area contributed by atoms with Crippen molar-refractivity contribution in [3.63, 3.8) is 0 Å². The van der Waals surface area contributed by atoms with Gasteiger partial charge in [-0.15, -0.1) is 0 Å². The lowest BCUT2D eigenvalue weighted by atomic mass is 10.3. The minimum atomic E-state index is 0.753. The van der Waals surface area contributed by atoms with Crippen LogP contribution in [0.25, 0.3) is 6.08 Å². The van der Waals surface area contributed by atoms with E-state index >= 15 is 0 Å². The molecule has 0 saturated heterocycles. The molecule has 82 valence electrons. The lowest BCUT2D eigenvalue weighted by Crippen LogP contribution is -1.96. The normalized spacial score (nSPS) is 10.8.